The standard InChI is InChI=1S/C15H16O2S/c1-3-12-8-9-15(18-12)13(16)10-17-14-7-5-4-6-11(14)2/h4-9H,3,10H2,1-2H3. The highest BCUT2D eigenvalue weighted by molar-refractivity contribution is 7.14. The number of rotatable bonds is 5. The normalized spacial score (nSPS) is 10.3. The number of aryl methyl sites for hydroxylation is 2. The number of hydrogen-bond acceptors (Lipinski definition) is 3. The molecule has 94 valence electrons. The monoisotopic (exact) mass is 260 g/mol. The number of carbonyl (C=O) groups is 1. The molecular weight excluding hydrogens is 244 g/mol. The summed E-state index contributed by atoms with van der Waals surface area (Å²) in [6.45, 7) is 4.17. The molecule has 2 nitrogen and oxygen atoms in total. The maximum absolute atomic E-state index is 11.9. The molecule has 18 heavy (non-hydrogen) atoms. The number of ether oxygens (including phenoxy) is 1. The third kappa shape index (κ3) is 2.99. The van der Waals surface area contributed by atoms with E-state index in [0.29, 0.717) is 0 Å². The molecule has 0 spiro atoms. The lowest BCUT2D eigenvalue weighted by Gasteiger charge is -2.07. The first kappa shape index (κ1) is 12.8. The van der Waals surface area contributed by atoms with E-state index in [1.54, 1.807) is 11.3 Å². The highest BCUT2D eigenvalue weighted by Gasteiger charge is 2.10. The lowest BCUT2D eigenvalue weighted by molar-refractivity contribution is 0.0925. The third-order valence-electron chi connectivity index (χ3n) is 2.74. The Hall–Kier alpha value is -1.61. The van der Waals surface area contributed by atoms with E-state index < -0.39 is 0 Å². The van der Waals surface area contributed by atoms with Crippen LogP contribution in [0, 0.1) is 6.92 Å². The Morgan fingerprint density at radius 1 is 1.22 bits per heavy atom. The maximum Gasteiger partial charge on any atom is 0.210 e. The summed E-state index contributed by atoms with van der Waals surface area (Å²) in [5.41, 5.74) is 1.05. The molecule has 1 heterocycles. The van der Waals surface area contributed by atoms with Gasteiger partial charge in [-0.15, -0.1) is 11.3 Å². The quantitative estimate of drug-likeness (QED) is 0.763. The summed E-state index contributed by atoms with van der Waals surface area (Å²) < 4.78 is 5.55. The SMILES string of the molecule is CCc1ccc(C(=O)COc2ccccc2C)s1. The van der Waals surface area contributed by atoms with Crippen LogP contribution in [0.3, 0.4) is 0 Å². The van der Waals surface area contributed by atoms with Gasteiger partial charge in [-0.3, -0.25) is 4.79 Å². The zero-order chi connectivity index (χ0) is 13.0. The second-order valence-corrected chi connectivity index (χ2v) is 5.27. The van der Waals surface area contributed by atoms with Crippen molar-refractivity contribution in [3.05, 3.63) is 51.7 Å². The molecule has 1 aromatic carbocycles. The van der Waals surface area contributed by atoms with Crippen LogP contribution in [0.4, 0.5) is 0 Å². The van der Waals surface area contributed by atoms with Crippen LogP contribution >= 0.6 is 11.3 Å². The predicted octanol–water partition coefficient (Wildman–Crippen LogP) is 3.88. The summed E-state index contributed by atoms with van der Waals surface area (Å²) in [5, 5.41) is 0. The van der Waals surface area contributed by atoms with Gasteiger partial charge in [0.25, 0.3) is 0 Å². The number of hydrogen-bond donors (Lipinski definition) is 0. The largest absolute Gasteiger partial charge is 0.485 e. The molecule has 3 heteroatoms. The summed E-state index contributed by atoms with van der Waals surface area (Å²) >= 11 is 1.55. The Morgan fingerprint density at radius 3 is 2.67 bits per heavy atom. The number of carbonyl (C=O) groups excluding carboxylic acids is 1. The van der Waals surface area contributed by atoms with E-state index in [9.17, 15) is 4.79 Å². The molecule has 0 saturated carbocycles. The van der Waals surface area contributed by atoms with E-state index in [1.807, 2.05) is 43.3 Å². The van der Waals surface area contributed by atoms with Gasteiger partial charge in [0.2, 0.25) is 5.78 Å². The first-order chi connectivity index (χ1) is 8.70. The molecule has 0 bridgehead atoms. The minimum Gasteiger partial charge on any atom is -0.485 e. The fourth-order valence-electron chi connectivity index (χ4n) is 1.65. The molecule has 0 saturated heterocycles. The van der Waals surface area contributed by atoms with Crippen LogP contribution in [0.25, 0.3) is 0 Å². The number of ketones is 1. The van der Waals surface area contributed by atoms with Crippen molar-refractivity contribution >= 4 is 17.1 Å². The summed E-state index contributed by atoms with van der Waals surface area (Å²) in [6.07, 6.45) is 0.969. The van der Waals surface area contributed by atoms with Gasteiger partial charge in [-0.1, -0.05) is 25.1 Å². The average molecular weight is 260 g/mol. The second-order valence-electron chi connectivity index (χ2n) is 4.10. The Labute approximate surface area is 111 Å². The third-order valence-corrected chi connectivity index (χ3v) is 4.01. The van der Waals surface area contributed by atoms with Crippen molar-refractivity contribution in [1.82, 2.24) is 0 Å². The van der Waals surface area contributed by atoms with Gasteiger partial charge < -0.3 is 4.74 Å². The number of para-hydroxylation sites is 1. The Balaban J connectivity index is 1.98. The molecule has 0 radical (unpaired) electrons. The predicted molar refractivity (Wildman–Crippen MR) is 74.7 cm³/mol. The lowest BCUT2D eigenvalue weighted by Crippen LogP contribution is -2.10. The van der Waals surface area contributed by atoms with Gasteiger partial charge in [0.1, 0.15) is 5.75 Å². The van der Waals surface area contributed by atoms with Gasteiger partial charge in [0, 0.05) is 4.88 Å². The van der Waals surface area contributed by atoms with Crippen LogP contribution in [-0.2, 0) is 6.42 Å². The van der Waals surface area contributed by atoms with Gasteiger partial charge >= 0.3 is 0 Å². The van der Waals surface area contributed by atoms with Crippen LogP contribution in [0.1, 0.15) is 27.0 Å². The van der Waals surface area contributed by atoms with Crippen LogP contribution in [0.15, 0.2) is 36.4 Å². The fourth-order valence-corrected chi connectivity index (χ4v) is 2.52. The highest BCUT2D eigenvalue weighted by atomic mass is 32.1. The van der Waals surface area contributed by atoms with Gasteiger partial charge in [-0.2, -0.15) is 0 Å². The molecule has 0 amide bonds. The van der Waals surface area contributed by atoms with Crippen molar-refractivity contribution in [3.63, 3.8) is 0 Å². The van der Waals surface area contributed by atoms with Crippen molar-refractivity contribution in [2.75, 3.05) is 6.61 Å². The van der Waals surface area contributed by atoms with Gasteiger partial charge in [0.15, 0.2) is 6.61 Å². The average Bonchev–Trinajstić information content (AvgIpc) is 2.86. The van der Waals surface area contributed by atoms with E-state index in [1.165, 1.54) is 4.88 Å². The molecule has 1 aromatic heterocycles. The summed E-state index contributed by atoms with van der Waals surface area (Å²) in [5.74, 6) is 0.820. The maximum atomic E-state index is 11.9. The Kier molecular flexibility index (Phi) is 4.15. The fraction of sp³-hybridized carbons (Fsp3) is 0.267. The topological polar surface area (TPSA) is 26.3 Å². The van der Waals surface area contributed by atoms with E-state index in [2.05, 4.69) is 6.92 Å². The van der Waals surface area contributed by atoms with Crippen LogP contribution in [-0.4, -0.2) is 12.4 Å². The zero-order valence-corrected chi connectivity index (χ0v) is 11.4. The number of thiophene rings is 1. The lowest BCUT2D eigenvalue weighted by atomic mass is 10.2. The van der Waals surface area contributed by atoms with Crippen molar-refractivity contribution < 1.29 is 9.53 Å². The molecule has 0 fully saturated rings. The minimum absolute atomic E-state index is 0.0444. The molecule has 2 rings (SSSR count). The van der Waals surface area contributed by atoms with Crippen molar-refractivity contribution in [2.24, 2.45) is 0 Å². The summed E-state index contributed by atoms with van der Waals surface area (Å²) in [6, 6.07) is 11.6. The first-order valence-electron chi connectivity index (χ1n) is 6.01. The molecule has 0 atom stereocenters. The molecule has 2 aromatic rings. The van der Waals surface area contributed by atoms with E-state index >= 15 is 0 Å². The Morgan fingerprint density at radius 2 is 2.00 bits per heavy atom. The minimum atomic E-state index is 0.0444. The number of benzene rings is 1. The van der Waals surface area contributed by atoms with Crippen molar-refractivity contribution in [2.45, 2.75) is 20.3 Å². The van der Waals surface area contributed by atoms with Crippen LogP contribution < -0.4 is 4.74 Å². The molecule has 0 N–H and O–H groups in total. The summed E-state index contributed by atoms with van der Waals surface area (Å²) in [7, 11) is 0. The summed E-state index contributed by atoms with van der Waals surface area (Å²) in [4.78, 5) is 14.0. The van der Waals surface area contributed by atoms with E-state index in [4.69, 9.17) is 4.74 Å². The zero-order valence-electron chi connectivity index (χ0n) is 10.6. The molecule has 0 aliphatic rings. The van der Waals surface area contributed by atoms with Crippen molar-refractivity contribution in [3.8, 4) is 5.75 Å². The van der Waals surface area contributed by atoms with Gasteiger partial charge in [0.05, 0.1) is 4.88 Å². The Bertz CT molecular complexity index is 543. The molecule has 0 unspecified atom stereocenters. The van der Waals surface area contributed by atoms with Gasteiger partial charge in [-0.25, -0.2) is 0 Å². The van der Waals surface area contributed by atoms with Gasteiger partial charge in [-0.05, 0) is 37.1 Å². The first-order valence-corrected chi connectivity index (χ1v) is 6.82. The molecular formula is C15H16O2S. The van der Waals surface area contributed by atoms with Crippen LogP contribution in [0.2, 0.25) is 0 Å². The smallest absolute Gasteiger partial charge is 0.210 e. The van der Waals surface area contributed by atoms with E-state index in [-0.39, 0.29) is 12.4 Å². The second kappa shape index (κ2) is 5.83. The van der Waals surface area contributed by atoms with Crippen molar-refractivity contribution in [1.29, 1.82) is 0 Å². The molecule has 0 aliphatic carbocycles. The number of Topliss-reactive ketones (excluding diaryl/α,β-unsaturated/α-hetero) is 1. The van der Waals surface area contributed by atoms with E-state index in [0.717, 1.165) is 22.6 Å². The van der Waals surface area contributed by atoms with Crippen LogP contribution in [0.5, 0.6) is 5.75 Å². The molecule has 0 aliphatic heterocycles. The highest BCUT2D eigenvalue weighted by Crippen LogP contribution is 2.19.